The Morgan fingerprint density at radius 3 is 0.552 bits per heavy atom. The van der Waals surface area contributed by atoms with Crippen LogP contribution in [0.4, 0.5) is 0 Å². The van der Waals surface area contributed by atoms with E-state index in [0.29, 0.717) is 0 Å². The molecule has 34 N–H and O–H groups in total. The number of guanidine groups is 4. The Morgan fingerprint density at radius 2 is 0.381 bits per heavy atom. The number of hydrogen-bond acceptors (Lipinski definition) is 21. The second kappa shape index (κ2) is 47.7. The molecule has 0 saturated heterocycles. The van der Waals surface area contributed by atoms with Gasteiger partial charge in [0.25, 0.3) is 0 Å². The topological polar surface area (TPSA) is 757 Å². The lowest BCUT2D eigenvalue weighted by atomic mass is 10.1. The number of rotatable bonds is 47. The van der Waals surface area contributed by atoms with Crippen molar-refractivity contribution in [2.45, 2.75) is 231 Å². The number of nitrogens with zero attached hydrogens (tertiary/aromatic N) is 4. The van der Waals surface area contributed by atoms with E-state index in [1.807, 2.05) is 0 Å². The number of aliphatic imine (C=N–C) groups is 4. The molecular formula is C60H110N28O17. The lowest BCUT2D eigenvalue weighted by Crippen LogP contribution is -2.60. The van der Waals surface area contributed by atoms with Crippen LogP contribution in [0.5, 0.6) is 0 Å². The molecule has 0 heterocycles. The van der Waals surface area contributed by atoms with Gasteiger partial charge in [-0.1, -0.05) is 0 Å². The first-order valence-corrected chi connectivity index (χ1v) is 33.6. The Balaban J connectivity index is 6.63. The number of aliphatic carboxylic acids is 1. The van der Waals surface area contributed by atoms with Crippen LogP contribution in [0.25, 0.3) is 0 Å². The third-order valence-electron chi connectivity index (χ3n) is 15.0. The fourth-order valence-corrected chi connectivity index (χ4v) is 8.62. The molecule has 0 fully saturated rings. The maximum absolute atomic E-state index is 14.3. The molecule has 592 valence electrons. The van der Waals surface area contributed by atoms with Gasteiger partial charge in [0.1, 0.15) is 90.6 Å². The molecule has 0 bridgehead atoms. The van der Waals surface area contributed by atoms with Gasteiger partial charge in [0.15, 0.2) is 23.8 Å². The fourth-order valence-electron chi connectivity index (χ4n) is 8.62. The molecule has 0 aromatic heterocycles. The minimum absolute atomic E-state index is 0.0319. The molecule has 0 aromatic rings. The van der Waals surface area contributed by atoms with Gasteiger partial charge < -0.3 is 136 Å². The first kappa shape index (κ1) is 93.6. The Hall–Kier alpha value is -11.4. The number of carboxylic acid groups (broad SMARTS) is 1. The number of carbonyl (C=O) groups is 16. The van der Waals surface area contributed by atoms with E-state index in [-0.39, 0.29) is 101 Å². The van der Waals surface area contributed by atoms with Gasteiger partial charge in [-0.15, -0.1) is 0 Å². The van der Waals surface area contributed by atoms with E-state index < -0.39 is 191 Å². The summed E-state index contributed by atoms with van der Waals surface area (Å²) in [6, 6.07) is -21.0. The zero-order valence-electron chi connectivity index (χ0n) is 61.2. The van der Waals surface area contributed by atoms with Crippen LogP contribution in [0.3, 0.4) is 0 Å². The van der Waals surface area contributed by atoms with Crippen molar-refractivity contribution < 1.29 is 81.8 Å². The number of carbonyl (C=O) groups excluding carboxylic acids is 15. The van der Waals surface area contributed by atoms with Gasteiger partial charge in [0.2, 0.25) is 88.6 Å². The molecule has 0 unspecified atom stereocenters. The van der Waals surface area contributed by atoms with Gasteiger partial charge in [-0.2, -0.15) is 0 Å². The lowest BCUT2D eigenvalue weighted by Gasteiger charge is -2.27. The van der Waals surface area contributed by atoms with Gasteiger partial charge in [0, 0.05) is 26.2 Å². The Bertz CT molecular complexity index is 3150. The van der Waals surface area contributed by atoms with Gasteiger partial charge >= 0.3 is 5.97 Å². The first-order valence-electron chi connectivity index (χ1n) is 33.6. The van der Waals surface area contributed by atoms with Gasteiger partial charge in [0.05, 0.1) is 6.04 Å². The van der Waals surface area contributed by atoms with E-state index in [2.05, 4.69) is 99.7 Å². The maximum atomic E-state index is 14.3. The summed E-state index contributed by atoms with van der Waals surface area (Å²) in [5, 5.41) is 45.5. The standard InChI is InChI=1S/C60H110N28O17/c1-25(61)41(89)74-26(2)42(90)75-27(3)43(91)78-31(7)47(95)81-34(10)50(98)85-39(19-15-23-72-59(66)67)54(102)88-38(18-14-22-71-58(64)65)53(101)83-35(11)51(99)86-40(20-16-24-73-60(68)69)55(103)87-37(17-13-21-70-57(62)63)52(100)82-33(9)48(96)79-30(6)45(93)76-28(4)44(92)77-29(5)46(94)80-32(8)49(97)84-36(12)56(104)105/h25-40H,13-24,61H2,1-12H3,(H,74,89)(H,75,90)(H,76,93)(H,77,92)(H,78,91)(H,79,96)(H,80,94)(H,81,95)(H,82,100)(H,83,101)(H,84,97)(H,85,98)(H,86,99)(H,87,103)(H,88,102)(H,104,105)(H4,62,63,70)(H4,64,65,71)(H4,66,67,72)(H4,68,69,73)/t25-,26-,27-,28-,29-,30-,31-,32-,33-,34-,35-,36-,37-,38-,39-,40-/m0/s1. The van der Waals surface area contributed by atoms with E-state index in [0.717, 1.165) is 0 Å². The molecule has 0 spiro atoms. The molecule has 105 heavy (non-hydrogen) atoms. The van der Waals surface area contributed by atoms with Gasteiger partial charge in [-0.3, -0.25) is 96.7 Å². The second-order valence-corrected chi connectivity index (χ2v) is 24.7. The molecule has 0 aliphatic rings. The number of hydrogen-bond donors (Lipinski definition) is 25. The highest BCUT2D eigenvalue weighted by molar-refractivity contribution is 6.00. The van der Waals surface area contributed by atoms with Crippen molar-refractivity contribution in [1.29, 1.82) is 0 Å². The minimum atomic E-state index is -1.50. The van der Waals surface area contributed by atoms with E-state index in [1.165, 1.54) is 83.1 Å². The highest BCUT2D eigenvalue weighted by Gasteiger charge is 2.35. The lowest BCUT2D eigenvalue weighted by molar-refractivity contribution is -0.141. The molecule has 45 heteroatoms. The summed E-state index contributed by atoms with van der Waals surface area (Å²) in [4.78, 5) is 227. The summed E-state index contributed by atoms with van der Waals surface area (Å²) in [5.41, 5.74) is 49.6. The second-order valence-electron chi connectivity index (χ2n) is 24.7. The summed E-state index contributed by atoms with van der Waals surface area (Å²) < 4.78 is 0. The van der Waals surface area contributed by atoms with Crippen molar-refractivity contribution in [2.24, 2.45) is 71.6 Å². The molecule has 45 nitrogen and oxygen atoms in total. The number of amides is 15. The summed E-state index contributed by atoms with van der Waals surface area (Å²) in [7, 11) is 0. The van der Waals surface area contributed by atoms with E-state index in [4.69, 9.17) is 56.7 Å². The van der Waals surface area contributed by atoms with Crippen LogP contribution in [-0.2, 0) is 76.7 Å². The quantitative estimate of drug-likeness (QED) is 0.0153. The molecule has 15 amide bonds. The third-order valence-corrected chi connectivity index (χ3v) is 15.0. The monoisotopic (exact) mass is 1490 g/mol. The number of nitrogens with one attached hydrogen (secondary N) is 15. The van der Waals surface area contributed by atoms with Crippen LogP contribution in [0.2, 0.25) is 0 Å². The Labute approximate surface area is 607 Å². The van der Waals surface area contributed by atoms with E-state index >= 15 is 0 Å². The van der Waals surface area contributed by atoms with Crippen LogP contribution in [-0.4, -0.2) is 246 Å². The predicted molar refractivity (Wildman–Crippen MR) is 382 cm³/mol. The van der Waals surface area contributed by atoms with Crippen LogP contribution < -0.4 is 131 Å². The predicted octanol–water partition coefficient (Wildman–Crippen LogP) is -11.9. The van der Waals surface area contributed by atoms with Crippen LogP contribution in [0.1, 0.15) is 134 Å². The highest BCUT2D eigenvalue weighted by atomic mass is 16.4. The molecular weight excluding hydrogens is 1380 g/mol. The Kier molecular flexibility index (Phi) is 42.5. The number of nitrogens with two attached hydrogens (primary N) is 9. The zero-order valence-corrected chi connectivity index (χ0v) is 61.2. The third kappa shape index (κ3) is 38.4. The summed E-state index contributed by atoms with van der Waals surface area (Å²) in [6.07, 6.45) is -0.518. The van der Waals surface area contributed by atoms with Gasteiger partial charge in [-0.05, 0) is 134 Å². The first-order chi connectivity index (χ1) is 48.8. The zero-order chi connectivity index (χ0) is 80.7. The van der Waals surface area contributed by atoms with Crippen molar-refractivity contribution in [2.75, 3.05) is 26.2 Å². The molecule has 0 aromatic carbocycles. The van der Waals surface area contributed by atoms with Crippen molar-refractivity contribution in [3.63, 3.8) is 0 Å². The van der Waals surface area contributed by atoms with Crippen LogP contribution in [0.15, 0.2) is 20.0 Å². The van der Waals surface area contributed by atoms with Crippen LogP contribution in [0, 0.1) is 0 Å². The molecule has 0 aliphatic heterocycles. The maximum Gasteiger partial charge on any atom is 0.325 e. The summed E-state index contributed by atoms with van der Waals surface area (Å²) in [5.74, 6) is -15.5. The average molecular weight is 1500 g/mol. The van der Waals surface area contributed by atoms with E-state index in [9.17, 15) is 76.7 Å². The normalized spacial score (nSPS) is 15.3. The summed E-state index contributed by atoms with van der Waals surface area (Å²) >= 11 is 0. The van der Waals surface area contributed by atoms with Crippen LogP contribution >= 0.6 is 0 Å². The van der Waals surface area contributed by atoms with Crippen molar-refractivity contribution in [3.05, 3.63) is 0 Å². The highest BCUT2D eigenvalue weighted by Crippen LogP contribution is 2.09. The average Bonchev–Trinajstić information content (AvgIpc) is 0.875. The molecule has 0 rings (SSSR count). The minimum Gasteiger partial charge on any atom is -0.480 e. The Morgan fingerprint density at radius 1 is 0.238 bits per heavy atom. The van der Waals surface area contributed by atoms with Gasteiger partial charge in [-0.25, -0.2) is 0 Å². The molecule has 0 saturated carbocycles. The van der Waals surface area contributed by atoms with Crippen molar-refractivity contribution in [3.8, 4) is 0 Å². The smallest absolute Gasteiger partial charge is 0.325 e. The SMILES string of the molecule is C[C@H](N)C(=O)N[C@@H](C)C(=O)N[C@@H](C)C(=O)N[C@@H](C)C(=O)N[C@@H](C)C(=O)N[C@@H](CCCN=C(N)N)C(=O)N[C@@H](CCCN=C(N)N)C(=O)N[C@@H](C)C(=O)N[C@@H](CCCN=C(N)N)C(=O)N[C@@H](CCCN=C(N)N)C(=O)N[C@@H](C)C(=O)N[C@@H](C)C(=O)N[C@@H](C)C(=O)N[C@@H](C)C(=O)N[C@@H](C)C(=O)N[C@@H](C)C(=O)O. The number of carboxylic acids is 1. The van der Waals surface area contributed by atoms with Crippen molar-refractivity contribution >= 4 is 118 Å². The van der Waals surface area contributed by atoms with E-state index in [1.54, 1.807) is 0 Å². The summed E-state index contributed by atoms with van der Waals surface area (Å²) in [6.45, 7) is 15.3. The molecule has 0 aliphatic carbocycles. The molecule has 16 atom stereocenters. The molecule has 0 radical (unpaired) electrons. The van der Waals surface area contributed by atoms with Crippen molar-refractivity contribution in [1.82, 2.24) is 79.8 Å². The largest absolute Gasteiger partial charge is 0.480 e. The fraction of sp³-hybridized carbons (Fsp3) is 0.667.